The molecule has 0 N–H and O–H groups in total. The van der Waals surface area contributed by atoms with Gasteiger partial charge in [0.1, 0.15) is 13.2 Å². The number of hydrogen-bond donors (Lipinski definition) is 0. The molecule has 0 bridgehead atoms. The van der Waals surface area contributed by atoms with Crippen molar-refractivity contribution in [2.24, 2.45) is 0 Å². The van der Waals surface area contributed by atoms with E-state index >= 15 is 0 Å². The summed E-state index contributed by atoms with van der Waals surface area (Å²) in [5.41, 5.74) is 0. The highest BCUT2D eigenvalue weighted by atomic mass is 16.6. The van der Waals surface area contributed by atoms with Crippen molar-refractivity contribution in [3.05, 3.63) is 0 Å². The van der Waals surface area contributed by atoms with Crippen LogP contribution in [0.5, 0.6) is 0 Å². The number of rotatable bonds is 48. The molecule has 1 unspecified atom stereocenters. The zero-order valence-electron chi connectivity index (χ0n) is 39.3. The Morgan fingerprint density at radius 1 is 0.276 bits per heavy atom. The summed E-state index contributed by atoms with van der Waals surface area (Å²) in [4.78, 5) is 37.6. The van der Waals surface area contributed by atoms with E-state index in [0.29, 0.717) is 19.3 Å². The second-order valence-electron chi connectivity index (χ2n) is 17.8. The van der Waals surface area contributed by atoms with Gasteiger partial charge in [-0.15, -0.1) is 0 Å². The summed E-state index contributed by atoms with van der Waals surface area (Å²) in [6.07, 6.45) is 51.3. The van der Waals surface area contributed by atoms with Crippen LogP contribution >= 0.6 is 0 Å². The maximum atomic E-state index is 12.7. The molecule has 0 aromatic rings. The van der Waals surface area contributed by atoms with Crippen LogP contribution in [-0.4, -0.2) is 37.2 Å². The molecule has 6 nitrogen and oxygen atoms in total. The van der Waals surface area contributed by atoms with Crippen molar-refractivity contribution in [2.45, 2.75) is 303 Å². The van der Waals surface area contributed by atoms with E-state index in [9.17, 15) is 14.4 Å². The van der Waals surface area contributed by atoms with E-state index in [1.807, 2.05) is 0 Å². The van der Waals surface area contributed by atoms with E-state index < -0.39 is 6.10 Å². The summed E-state index contributed by atoms with van der Waals surface area (Å²) in [6, 6.07) is 0. The maximum absolute atomic E-state index is 12.7. The third kappa shape index (κ3) is 45.5. The standard InChI is InChI=1S/C52H100O6/c1-4-7-10-13-15-17-19-21-23-25-27-28-30-32-34-36-39-42-45-51(54)57-48-49(47-56-50(53)44-41-38-12-9-6-3)58-52(55)46-43-40-37-35-33-31-29-26-24-22-20-18-16-14-11-8-5-2/h49H,4-48H2,1-3H3. The third-order valence-electron chi connectivity index (χ3n) is 11.9. The summed E-state index contributed by atoms with van der Waals surface area (Å²) in [5.74, 6) is -0.857. The smallest absolute Gasteiger partial charge is 0.306 e. The summed E-state index contributed by atoms with van der Waals surface area (Å²) < 4.78 is 16.7. The van der Waals surface area contributed by atoms with Gasteiger partial charge in [0.25, 0.3) is 0 Å². The van der Waals surface area contributed by atoms with Gasteiger partial charge in [-0.3, -0.25) is 14.4 Å². The summed E-state index contributed by atoms with van der Waals surface area (Å²) in [5, 5.41) is 0. The van der Waals surface area contributed by atoms with E-state index in [1.54, 1.807) is 0 Å². The molecular formula is C52H100O6. The predicted molar refractivity (Wildman–Crippen MR) is 247 cm³/mol. The van der Waals surface area contributed by atoms with Crippen molar-refractivity contribution in [3.8, 4) is 0 Å². The van der Waals surface area contributed by atoms with Crippen LogP contribution in [0, 0.1) is 0 Å². The molecule has 1 atom stereocenters. The minimum Gasteiger partial charge on any atom is -0.462 e. The van der Waals surface area contributed by atoms with Gasteiger partial charge >= 0.3 is 17.9 Å². The summed E-state index contributed by atoms with van der Waals surface area (Å²) in [7, 11) is 0. The lowest BCUT2D eigenvalue weighted by molar-refractivity contribution is -0.167. The Hall–Kier alpha value is -1.59. The summed E-state index contributed by atoms with van der Waals surface area (Å²) >= 11 is 0. The fourth-order valence-electron chi connectivity index (χ4n) is 7.92. The van der Waals surface area contributed by atoms with Crippen molar-refractivity contribution < 1.29 is 28.6 Å². The van der Waals surface area contributed by atoms with E-state index in [1.165, 1.54) is 193 Å². The van der Waals surface area contributed by atoms with E-state index in [0.717, 1.165) is 64.2 Å². The molecule has 0 aromatic heterocycles. The molecule has 0 spiro atoms. The second-order valence-corrected chi connectivity index (χ2v) is 17.8. The Kier molecular flexibility index (Phi) is 46.8. The molecule has 58 heavy (non-hydrogen) atoms. The zero-order chi connectivity index (χ0) is 42.3. The SMILES string of the molecule is CCCCCCCCCCCCCCCCCCCCC(=O)OCC(COC(=O)CCCCCCC)OC(=O)CCCCCCCCCCCCCCCCCCC. The number of carbonyl (C=O) groups is 3. The normalized spacial score (nSPS) is 11.8. The summed E-state index contributed by atoms with van der Waals surface area (Å²) in [6.45, 7) is 6.61. The van der Waals surface area contributed by atoms with Crippen LogP contribution < -0.4 is 0 Å². The van der Waals surface area contributed by atoms with E-state index in [2.05, 4.69) is 20.8 Å². The lowest BCUT2D eigenvalue weighted by Crippen LogP contribution is -2.30. The molecule has 0 aromatic carbocycles. The number of carbonyl (C=O) groups excluding carboxylic acids is 3. The molecule has 0 saturated heterocycles. The molecule has 0 aliphatic carbocycles. The van der Waals surface area contributed by atoms with Gasteiger partial charge in [-0.1, -0.05) is 258 Å². The number of ether oxygens (including phenoxy) is 3. The van der Waals surface area contributed by atoms with Crippen molar-refractivity contribution in [1.29, 1.82) is 0 Å². The van der Waals surface area contributed by atoms with Gasteiger partial charge in [0, 0.05) is 19.3 Å². The topological polar surface area (TPSA) is 78.9 Å². The highest BCUT2D eigenvalue weighted by molar-refractivity contribution is 5.71. The third-order valence-corrected chi connectivity index (χ3v) is 11.9. The van der Waals surface area contributed by atoms with Gasteiger partial charge in [-0.2, -0.15) is 0 Å². The molecule has 0 saturated carbocycles. The molecule has 0 radical (unpaired) electrons. The van der Waals surface area contributed by atoms with Crippen LogP contribution in [0.1, 0.15) is 297 Å². The monoisotopic (exact) mass is 821 g/mol. The second kappa shape index (κ2) is 48.1. The van der Waals surface area contributed by atoms with Crippen molar-refractivity contribution >= 4 is 17.9 Å². The molecule has 0 aliphatic rings. The van der Waals surface area contributed by atoms with Crippen LogP contribution in [0.4, 0.5) is 0 Å². The fraction of sp³-hybridized carbons (Fsp3) is 0.942. The number of esters is 3. The maximum Gasteiger partial charge on any atom is 0.306 e. The lowest BCUT2D eigenvalue weighted by Gasteiger charge is -2.18. The van der Waals surface area contributed by atoms with Crippen molar-refractivity contribution in [2.75, 3.05) is 13.2 Å². The van der Waals surface area contributed by atoms with E-state index in [4.69, 9.17) is 14.2 Å². The molecule has 0 amide bonds. The van der Waals surface area contributed by atoms with E-state index in [-0.39, 0.29) is 31.1 Å². The molecule has 344 valence electrons. The lowest BCUT2D eigenvalue weighted by atomic mass is 10.0. The quantitative estimate of drug-likeness (QED) is 0.0346. The minimum absolute atomic E-state index is 0.0630. The molecule has 0 heterocycles. The average Bonchev–Trinajstić information content (AvgIpc) is 3.22. The average molecular weight is 821 g/mol. The Balaban J connectivity index is 4.09. The van der Waals surface area contributed by atoms with Gasteiger partial charge in [-0.25, -0.2) is 0 Å². The molecule has 0 aliphatic heterocycles. The van der Waals surface area contributed by atoms with Gasteiger partial charge in [0.15, 0.2) is 6.10 Å². The molecule has 0 fully saturated rings. The Morgan fingerprint density at radius 3 is 0.690 bits per heavy atom. The first kappa shape index (κ1) is 56.4. The fourth-order valence-corrected chi connectivity index (χ4v) is 7.92. The Bertz CT molecular complexity index is 859. The highest BCUT2D eigenvalue weighted by Crippen LogP contribution is 2.17. The van der Waals surface area contributed by atoms with Gasteiger partial charge in [0.05, 0.1) is 0 Å². The van der Waals surface area contributed by atoms with Crippen LogP contribution in [0.2, 0.25) is 0 Å². The Labute approximate surface area is 361 Å². The van der Waals surface area contributed by atoms with Gasteiger partial charge in [-0.05, 0) is 19.3 Å². The largest absolute Gasteiger partial charge is 0.462 e. The highest BCUT2D eigenvalue weighted by Gasteiger charge is 2.19. The van der Waals surface area contributed by atoms with Crippen LogP contribution in [-0.2, 0) is 28.6 Å². The van der Waals surface area contributed by atoms with Gasteiger partial charge in [0.2, 0.25) is 0 Å². The van der Waals surface area contributed by atoms with Gasteiger partial charge < -0.3 is 14.2 Å². The predicted octanol–water partition coefficient (Wildman–Crippen LogP) is 16.8. The first-order valence-corrected chi connectivity index (χ1v) is 26.0. The first-order valence-electron chi connectivity index (χ1n) is 26.0. The molecule has 0 rings (SSSR count). The Morgan fingerprint density at radius 2 is 0.466 bits per heavy atom. The number of hydrogen-bond acceptors (Lipinski definition) is 6. The van der Waals surface area contributed by atoms with Crippen molar-refractivity contribution in [1.82, 2.24) is 0 Å². The zero-order valence-corrected chi connectivity index (χ0v) is 39.3. The van der Waals surface area contributed by atoms with Crippen LogP contribution in [0.3, 0.4) is 0 Å². The first-order chi connectivity index (χ1) is 28.5. The van der Waals surface area contributed by atoms with Crippen molar-refractivity contribution in [3.63, 3.8) is 0 Å². The molecular weight excluding hydrogens is 721 g/mol. The van der Waals surface area contributed by atoms with Crippen LogP contribution in [0.15, 0.2) is 0 Å². The number of unbranched alkanes of at least 4 members (excludes halogenated alkanes) is 37. The molecule has 6 heteroatoms. The van der Waals surface area contributed by atoms with Crippen LogP contribution in [0.25, 0.3) is 0 Å². The minimum atomic E-state index is -0.758.